The number of carbonyl (C=O) groups excluding carboxylic acids is 1. The predicted molar refractivity (Wildman–Crippen MR) is 113 cm³/mol. The van der Waals surface area contributed by atoms with E-state index in [0.29, 0.717) is 29.7 Å². The van der Waals surface area contributed by atoms with Crippen molar-refractivity contribution in [3.8, 4) is 5.75 Å². The minimum absolute atomic E-state index is 0.186. The average molecular weight is 415 g/mol. The number of nitrogens with zero attached hydrogens (tertiary/aromatic N) is 2. The number of hydrogen-bond acceptors (Lipinski definition) is 5. The second-order valence-corrected chi connectivity index (χ2v) is 7.84. The maximum absolute atomic E-state index is 12.2. The number of aliphatic imine (C=N–C) groups is 1. The number of benzene rings is 2. The van der Waals surface area contributed by atoms with E-state index in [2.05, 4.69) is 9.89 Å². The van der Waals surface area contributed by atoms with Crippen molar-refractivity contribution in [3.05, 3.63) is 69.6 Å². The van der Waals surface area contributed by atoms with Crippen LogP contribution < -0.4 is 4.74 Å². The second-order valence-electron chi connectivity index (χ2n) is 6.39. The van der Waals surface area contributed by atoms with Crippen molar-refractivity contribution in [1.29, 1.82) is 0 Å². The molecule has 144 valence electrons. The van der Waals surface area contributed by atoms with Gasteiger partial charge in [0.25, 0.3) is 5.91 Å². The van der Waals surface area contributed by atoms with Crippen LogP contribution in [0.3, 0.4) is 0 Å². The van der Waals surface area contributed by atoms with Crippen molar-refractivity contribution in [1.82, 2.24) is 4.90 Å². The molecule has 4 rings (SSSR count). The molecule has 7 heteroatoms. The van der Waals surface area contributed by atoms with Crippen LogP contribution in [0.4, 0.5) is 0 Å². The van der Waals surface area contributed by atoms with Crippen molar-refractivity contribution in [2.45, 2.75) is 6.61 Å². The number of rotatable bonds is 4. The second kappa shape index (κ2) is 8.82. The molecule has 2 aliphatic heterocycles. The largest absolute Gasteiger partial charge is 0.489 e. The Morgan fingerprint density at radius 2 is 1.82 bits per heavy atom. The molecule has 0 aliphatic carbocycles. The first kappa shape index (κ1) is 19.1. The van der Waals surface area contributed by atoms with E-state index >= 15 is 0 Å². The van der Waals surface area contributed by atoms with E-state index in [4.69, 9.17) is 21.1 Å². The molecule has 0 spiro atoms. The summed E-state index contributed by atoms with van der Waals surface area (Å²) in [4.78, 5) is 19.1. The third kappa shape index (κ3) is 4.76. The van der Waals surface area contributed by atoms with Crippen LogP contribution in [0.15, 0.2) is 58.4 Å². The molecule has 0 radical (unpaired) electrons. The fraction of sp³-hybridized carbons (Fsp3) is 0.238. The molecule has 0 aromatic heterocycles. The summed E-state index contributed by atoms with van der Waals surface area (Å²) in [6.07, 6.45) is 1.87. The summed E-state index contributed by atoms with van der Waals surface area (Å²) in [5.74, 6) is 0.585. The number of morpholine rings is 1. The van der Waals surface area contributed by atoms with Gasteiger partial charge in [-0.2, -0.15) is 4.99 Å². The van der Waals surface area contributed by atoms with E-state index in [9.17, 15) is 4.79 Å². The molecule has 2 aromatic rings. The quantitative estimate of drug-likeness (QED) is 0.701. The third-order valence-electron chi connectivity index (χ3n) is 4.39. The molecule has 0 bridgehead atoms. The Balaban J connectivity index is 1.36. The van der Waals surface area contributed by atoms with Crippen LogP contribution in [0.25, 0.3) is 6.08 Å². The Morgan fingerprint density at radius 3 is 2.54 bits per heavy atom. The lowest BCUT2D eigenvalue weighted by Crippen LogP contribution is -2.38. The topological polar surface area (TPSA) is 51.1 Å². The van der Waals surface area contributed by atoms with Crippen molar-refractivity contribution < 1.29 is 14.3 Å². The zero-order valence-corrected chi connectivity index (χ0v) is 16.7. The van der Waals surface area contributed by atoms with Gasteiger partial charge < -0.3 is 14.4 Å². The first-order valence-electron chi connectivity index (χ1n) is 9.00. The Morgan fingerprint density at radius 1 is 1.11 bits per heavy atom. The van der Waals surface area contributed by atoms with Gasteiger partial charge in [-0.15, -0.1) is 0 Å². The fourth-order valence-electron chi connectivity index (χ4n) is 2.85. The molecule has 2 aliphatic rings. The molecule has 1 fully saturated rings. The van der Waals surface area contributed by atoms with Crippen LogP contribution in [0.2, 0.25) is 5.02 Å². The summed E-state index contributed by atoms with van der Waals surface area (Å²) in [6.45, 7) is 3.36. The maximum Gasteiger partial charge on any atom is 0.286 e. The van der Waals surface area contributed by atoms with Crippen LogP contribution >= 0.6 is 23.4 Å². The van der Waals surface area contributed by atoms with Gasteiger partial charge in [0.15, 0.2) is 5.17 Å². The lowest BCUT2D eigenvalue weighted by atomic mass is 10.2. The standard InChI is InChI=1S/C21H19ClN2O3S/c22-17-5-1-16(2-6-17)14-27-18-7-3-15(4-8-18)13-19-20(25)23-21(28-19)24-9-11-26-12-10-24/h1-8,13H,9-12,14H2. The maximum atomic E-state index is 12.2. The summed E-state index contributed by atoms with van der Waals surface area (Å²) in [7, 11) is 0. The molecule has 5 nitrogen and oxygen atoms in total. The average Bonchev–Trinajstić information content (AvgIpc) is 3.10. The number of amides is 1. The number of ether oxygens (including phenoxy) is 2. The third-order valence-corrected chi connectivity index (χ3v) is 5.68. The monoisotopic (exact) mass is 414 g/mol. The van der Waals surface area contributed by atoms with Gasteiger partial charge in [0.2, 0.25) is 0 Å². The van der Waals surface area contributed by atoms with Gasteiger partial charge in [0.05, 0.1) is 18.1 Å². The van der Waals surface area contributed by atoms with E-state index in [-0.39, 0.29) is 5.91 Å². The van der Waals surface area contributed by atoms with Crippen LogP contribution in [0.5, 0.6) is 5.75 Å². The summed E-state index contributed by atoms with van der Waals surface area (Å²) in [6, 6.07) is 15.2. The van der Waals surface area contributed by atoms with Gasteiger partial charge in [-0.25, -0.2) is 0 Å². The van der Waals surface area contributed by atoms with Crippen LogP contribution in [0.1, 0.15) is 11.1 Å². The Bertz CT molecular complexity index is 904. The van der Waals surface area contributed by atoms with E-state index in [1.807, 2.05) is 54.6 Å². The summed E-state index contributed by atoms with van der Waals surface area (Å²) in [5, 5.41) is 1.48. The van der Waals surface area contributed by atoms with Crippen LogP contribution in [-0.4, -0.2) is 42.3 Å². The molecule has 0 N–H and O–H groups in total. The van der Waals surface area contributed by atoms with Crippen LogP contribution in [-0.2, 0) is 16.1 Å². The Hall–Kier alpha value is -2.28. The van der Waals surface area contributed by atoms with Crippen molar-refractivity contribution >= 4 is 40.5 Å². The van der Waals surface area contributed by atoms with Gasteiger partial charge in [0.1, 0.15) is 12.4 Å². The van der Waals surface area contributed by atoms with Gasteiger partial charge >= 0.3 is 0 Å². The van der Waals surface area contributed by atoms with Gasteiger partial charge in [-0.1, -0.05) is 35.9 Å². The Labute approximate surface area is 173 Å². The van der Waals surface area contributed by atoms with E-state index < -0.39 is 0 Å². The van der Waals surface area contributed by atoms with E-state index in [1.165, 1.54) is 11.8 Å². The van der Waals surface area contributed by atoms with Crippen molar-refractivity contribution in [3.63, 3.8) is 0 Å². The normalized spacial score (nSPS) is 18.5. The number of amidine groups is 1. The molecule has 1 amide bonds. The minimum atomic E-state index is -0.186. The smallest absolute Gasteiger partial charge is 0.286 e. The first-order valence-corrected chi connectivity index (χ1v) is 10.2. The van der Waals surface area contributed by atoms with Gasteiger partial charge in [-0.05, 0) is 53.2 Å². The zero-order valence-electron chi connectivity index (χ0n) is 15.1. The van der Waals surface area contributed by atoms with E-state index in [0.717, 1.165) is 35.1 Å². The molecule has 2 heterocycles. The minimum Gasteiger partial charge on any atom is -0.489 e. The van der Waals surface area contributed by atoms with E-state index in [1.54, 1.807) is 0 Å². The summed E-state index contributed by atoms with van der Waals surface area (Å²) < 4.78 is 11.1. The molecular formula is C21H19ClN2O3S. The highest BCUT2D eigenvalue weighted by molar-refractivity contribution is 8.18. The highest BCUT2D eigenvalue weighted by atomic mass is 35.5. The molecule has 0 unspecified atom stereocenters. The van der Waals surface area contributed by atoms with Crippen molar-refractivity contribution in [2.24, 2.45) is 4.99 Å². The number of hydrogen-bond donors (Lipinski definition) is 0. The highest BCUT2D eigenvalue weighted by Crippen LogP contribution is 2.30. The number of thioether (sulfide) groups is 1. The highest BCUT2D eigenvalue weighted by Gasteiger charge is 2.27. The molecule has 0 atom stereocenters. The molecule has 28 heavy (non-hydrogen) atoms. The first-order chi connectivity index (χ1) is 13.7. The number of carbonyl (C=O) groups is 1. The SMILES string of the molecule is O=C1N=C(N2CCOCC2)SC1=Cc1ccc(OCc2ccc(Cl)cc2)cc1. The zero-order chi connectivity index (χ0) is 19.3. The summed E-state index contributed by atoms with van der Waals surface area (Å²) in [5.41, 5.74) is 1.99. The lowest BCUT2D eigenvalue weighted by molar-refractivity contribution is -0.113. The van der Waals surface area contributed by atoms with Crippen LogP contribution in [0, 0.1) is 0 Å². The fourth-order valence-corrected chi connectivity index (χ4v) is 3.94. The lowest BCUT2D eigenvalue weighted by Gasteiger charge is -2.27. The van der Waals surface area contributed by atoms with Crippen molar-refractivity contribution in [2.75, 3.05) is 26.3 Å². The van der Waals surface area contributed by atoms with Gasteiger partial charge in [0, 0.05) is 18.1 Å². The number of halogens is 1. The summed E-state index contributed by atoms with van der Waals surface area (Å²) >= 11 is 7.31. The molecular weight excluding hydrogens is 396 g/mol. The molecule has 1 saturated heterocycles. The molecule has 0 saturated carbocycles. The Kier molecular flexibility index (Phi) is 6.00. The predicted octanol–water partition coefficient (Wildman–Crippen LogP) is 4.22. The molecule has 2 aromatic carbocycles. The van der Waals surface area contributed by atoms with Gasteiger partial charge in [-0.3, -0.25) is 4.79 Å².